The molecule has 3 rings (SSSR count). The lowest BCUT2D eigenvalue weighted by Gasteiger charge is -2.06. The van der Waals surface area contributed by atoms with E-state index in [1.165, 1.54) is 0 Å². The first kappa shape index (κ1) is 12.7. The second-order valence-electron chi connectivity index (χ2n) is 4.74. The molecule has 0 saturated heterocycles. The number of halogens is 1. The summed E-state index contributed by atoms with van der Waals surface area (Å²) in [4.78, 5) is 4.64. The summed E-state index contributed by atoms with van der Waals surface area (Å²) in [7, 11) is 1.95. The topological polar surface area (TPSA) is 41.6 Å². The molecule has 98 valence electrons. The van der Waals surface area contributed by atoms with Gasteiger partial charge in [-0.3, -0.25) is 0 Å². The van der Waals surface area contributed by atoms with Crippen molar-refractivity contribution in [3.63, 3.8) is 0 Å². The zero-order valence-electron chi connectivity index (χ0n) is 11.2. The van der Waals surface area contributed by atoms with Crippen LogP contribution >= 0.6 is 11.6 Å². The van der Waals surface area contributed by atoms with Crippen molar-refractivity contribution in [2.75, 3.05) is 0 Å². The Bertz CT molecular complexity index is 856. The lowest BCUT2D eigenvalue weighted by atomic mass is 10.1. The minimum Gasteiger partial charge on any atom is -0.327 e. The summed E-state index contributed by atoms with van der Waals surface area (Å²) in [6, 6.07) is 13.6. The smallest absolute Gasteiger partial charge is 0.141 e. The molecule has 1 aromatic heterocycles. The molecule has 0 aliphatic heterocycles. The lowest BCUT2D eigenvalue weighted by molar-refractivity contribution is 0.957. The largest absolute Gasteiger partial charge is 0.327 e. The Kier molecular flexibility index (Phi) is 2.96. The van der Waals surface area contributed by atoms with Crippen molar-refractivity contribution in [2.24, 2.45) is 7.05 Å². The Balaban J connectivity index is 2.36. The maximum Gasteiger partial charge on any atom is 0.141 e. The van der Waals surface area contributed by atoms with Crippen molar-refractivity contribution >= 4 is 22.6 Å². The number of aryl methyl sites for hydroxylation is 2. The zero-order valence-corrected chi connectivity index (χ0v) is 11.9. The Morgan fingerprint density at radius 3 is 2.80 bits per heavy atom. The van der Waals surface area contributed by atoms with E-state index in [2.05, 4.69) is 11.1 Å². The van der Waals surface area contributed by atoms with E-state index < -0.39 is 0 Å². The Labute approximate surface area is 122 Å². The number of aromatic nitrogens is 2. The number of hydrogen-bond acceptors (Lipinski definition) is 2. The van der Waals surface area contributed by atoms with Gasteiger partial charge in [-0.1, -0.05) is 23.7 Å². The van der Waals surface area contributed by atoms with Gasteiger partial charge in [0.2, 0.25) is 0 Å². The molecule has 0 atom stereocenters. The summed E-state index contributed by atoms with van der Waals surface area (Å²) >= 11 is 6.09. The predicted molar refractivity (Wildman–Crippen MR) is 80.6 cm³/mol. The SMILES string of the molecule is Cc1ccc(Cl)cc1-c1nc2c(C#N)cccc2n1C. The normalized spacial score (nSPS) is 10.7. The van der Waals surface area contributed by atoms with Gasteiger partial charge in [0.15, 0.2) is 0 Å². The third-order valence-corrected chi connectivity index (χ3v) is 3.71. The second kappa shape index (κ2) is 4.66. The minimum atomic E-state index is 0.587. The summed E-state index contributed by atoms with van der Waals surface area (Å²) < 4.78 is 1.99. The van der Waals surface area contributed by atoms with Crippen LogP contribution in [0.5, 0.6) is 0 Å². The van der Waals surface area contributed by atoms with Gasteiger partial charge in [0.05, 0.1) is 11.1 Å². The number of imidazole rings is 1. The molecule has 0 amide bonds. The highest BCUT2D eigenvalue weighted by Crippen LogP contribution is 2.29. The quantitative estimate of drug-likeness (QED) is 0.674. The van der Waals surface area contributed by atoms with E-state index in [4.69, 9.17) is 11.6 Å². The van der Waals surface area contributed by atoms with Gasteiger partial charge in [0, 0.05) is 17.6 Å². The van der Waals surface area contributed by atoms with Crippen molar-refractivity contribution in [2.45, 2.75) is 6.92 Å². The summed E-state index contributed by atoms with van der Waals surface area (Å²) in [5.41, 5.74) is 4.35. The molecule has 3 nitrogen and oxygen atoms in total. The Morgan fingerprint density at radius 2 is 2.05 bits per heavy atom. The van der Waals surface area contributed by atoms with Crippen molar-refractivity contribution in [1.29, 1.82) is 5.26 Å². The van der Waals surface area contributed by atoms with Gasteiger partial charge < -0.3 is 4.57 Å². The fourth-order valence-electron chi connectivity index (χ4n) is 2.38. The van der Waals surface area contributed by atoms with Crippen LogP contribution in [0.25, 0.3) is 22.4 Å². The number of nitriles is 1. The second-order valence-corrected chi connectivity index (χ2v) is 5.18. The molecule has 4 heteroatoms. The first-order valence-electron chi connectivity index (χ1n) is 6.24. The Hall–Kier alpha value is -2.31. The monoisotopic (exact) mass is 281 g/mol. The highest BCUT2D eigenvalue weighted by molar-refractivity contribution is 6.30. The zero-order chi connectivity index (χ0) is 14.3. The van der Waals surface area contributed by atoms with Crippen molar-refractivity contribution in [3.8, 4) is 17.5 Å². The number of nitrogens with zero attached hydrogens (tertiary/aromatic N) is 3. The summed E-state index contributed by atoms with van der Waals surface area (Å²) in [6.45, 7) is 2.02. The molecule has 0 radical (unpaired) electrons. The fraction of sp³-hybridized carbons (Fsp3) is 0.125. The van der Waals surface area contributed by atoms with Crippen LogP contribution in [0.2, 0.25) is 5.02 Å². The molecular formula is C16H12ClN3. The first-order chi connectivity index (χ1) is 9.61. The molecule has 3 aromatic rings. The van der Waals surface area contributed by atoms with Crippen LogP contribution in [-0.4, -0.2) is 9.55 Å². The van der Waals surface area contributed by atoms with Gasteiger partial charge >= 0.3 is 0 Å². The van der Waals surface area contributed by atoms with Crippen LogP contribution in [0.3, 0.4) is 0 Å². The number of benzene rings is 2. The van der Waals surface area contributed by atoms with E-state index in [-0.39, 0.29) is 0 Å². The fourth-order valence-corrected chi connectivity index (χ4v) is 2.55. The number of para-hydroxylation sites is 1. The molecular weight excluding hydrogens is 270 g/mol. The highest BCUT2D eigenvalue weighted by Gasteiger charge is 2.14. The average Bonchev–Trinajstić information content (AvgIpc) is 2.79. The van der Waals surface area contributed by atoms with E-state index in [0.717, 1.165) is 28.0 Å². The molecule has 0 unspecified atom stereocenters. The Morgan fingerprint density at radius 1 is 1.25 bits per heavy atom. The molecule has 1 heterocycles. The molecule has 0 bridgehead atoms. The van der Waals surface area contributed by atoms with Gasteiger partial charge in [0.25, 0.3) is 0 Å². The van der Waals surface area contributed by atoms with Gasteiger partial charge in [0.1, 0.15) is 17.4 Å². The first-order valence-corrected chi connectivity index (χ1v) is 6.61. The van der Waals surface area contributed by atoms with Crippen LogP contribution in [0.15, 0.2) is 36.4 Å². The molecule has 0 N–H and O–H groups in total. The summed E-state index contributed by atoms with van der Waals surface area (Å²) in [6.07, 6.45) is 0. The van der Waals surface area contributed by atoms with Gasteiger partial charge in [-0.15, -0.1) is 0 Å². The van der Waals surface area contributed by atoms with Crippen molar-refractivity contribution in [3.05, 3.63) is 52.5 Å². The van der Waals surface area contributed by atoms with E-state index in [9.17, 15) is 5.26 Å². The van der Waals surface area contributed by atoms with E-state index in [1.807, 2.05) is 48.9 Å². The van der Waals surface area contributed by atoms with Crippen LogP contribution in [-0.2, 0) is 7.05 Å². The predicted octanol–water partition coefficient (Wildman–Crippen LogP) is 4.07. The lowest BCUT2D eigenvalue weighted by Crippen LogP contribution is -1.94. The molecule has 0 aliphatic rings. The maximum absolute atomic E-state index is 9.18. The van der Waals surface area contributed by atoms with Gasteiger partial charge in [-0.2, -0.15) is 5.26 Å². The van der Waals surface area contributed by atoms with E-state index in [1.54, 1.807) is 6.07 Å². The third kappa shape index (κ3) is 1.86. The molecule has 0 fully saturated rings. The molecule has 0 aliphatic carbocycles. The van der Waals surface area contributed by atoms with Crippen molar-refractivity contribution in [1.82, 2.24) is 9.55 Å². The van der Waals surface area contributed by atoms with Crippen molar-refractivity contribution < 1.29 is 0 Å². The third-order valence-electron chi connectivity index (χ3n) is 3.47. The average molecular weight is 282 g/mol. The number of fused-ring (bicyclic) bond motifs is 1. The molecule has 2 aromatic carbocycles. The van der Waals surface area contributed by atoms with Crippen LogP contribution < -0.4 is 0 Å². The van der Waals surface area contributed by atoms with E-state index in [0.29, 0.717) is 10.6 Å². The summed E-state index contributed by atoms with van der Waals surface area (Å²) in [5, 5.41) is 9.86. The standard InChI is InChI=1S/C16H12ClN3/c1-10-6-7-12(17)8-13(10)16-19-15-11(9-18)4-3-5-14(15)20(16)2/h3-8H,1-2H3. The van der Waals surface area contributed by atoms with Crippen LogP contribution in [0.4, 0.5) is 0 Å². The van der Waals surface area contributed by atoms with Gasteiger partial charge in [-0.25, -0.2) is 4.98 Å². The molecule has 20 heavy (non-hydrogen) atoms. The maximum atomic E-state index is 9.18. The molecule has 0 saturated carbocycles. The highest BCUT2D eigenvalue weighted by atomic mass is 35.5. The minimum absolute atomic E-state index is 0.587. The van der Waals surface area contributed by atoms with Gasteiger partial charge in [-0.05, 0) is 36.8 Å². The van der Waals surface area contributed by atoms with Crippen LogP contribution in [0.1, 0.15) is 11.1 Å². The van der Waals surface area contributed by atoms with E-state index >= 15 is 0 Å². The molecule has 0 spiro atoms. The number of hydrogen-bond donors (Lipinski definition) is 0. The number of rotatable bonds is 1. The summed E-state index contributed by atoms with van der Waals surface area (Å²) in [5.74, 6) is 0.822. The van der Waals surface area contributed by atoms with Crippen LogP contribution in [0, 0.1) is 18.3 Å².